The lowest BCUT2D eigenvalue weighted by Gasteiger charge is -2.30. The Morgan fingerprint density at radius 1 is 1.24 bits per heavy atom. The zero-order chi connectivity index (χ0) is 20.0. The quantitative estimate of drug-likeness (QED) is 0.697. The van der Waals surface area contributed by atoms with Gasteiger partial charge in [-0.2, -0.15) is 0 Å². The van der Waals surface area contributed by atoms with Gasteiger partial charge < -0.3 is 14.5 Å². The molecule has 0 aromatic carbocycles. The first-order chi connectivity index (χ1) is 14.0. The average Bonchev–Trinajstić information content (AvgIpc) is 3.07. The van der Waals surface area contributed by atoms with Crippen molar-refractivity contribution in [2.75, 3.05) is 44.7 Å². The summed E-state index contributed by atoms with van der Waals surface area (Å²) in [5.41, 5.74) is 3.95. The summed E-state index contributed by atoms with van der Waals surface area (Å²) in [6.07, 6.45) is 4.21. The predicted octanol–water partition coefficient (Wildman–Crippen LogP) is 2.32. The number of fused-ring (bicyclic) bond motifs is 5. The lowest BCUT2D eigenvalue weighted by Crippen LogP contribution is -2.39. The van der Waals surface area contributed by atoms with Crippen LogP contribution in [0.1, 0.15) is 31.4 Å². The van der Waals surface area contributed by atoms with E-state index in [-0.39, 0.29) is 11.0 Å². The lowest BCUT2D eigenvalue weighted by atomic mass is 9.74. The molecule has 29 heavy (non-hydrogen) atoms. The summed E-state index contributed by atoms with van der Waals surface area (Å²) < 4.78 is 11.5. The van der Waals surface area contributed by atoms with E-state index in [4.69, 9.17) is 9.15 Å². The Hall–Kier alpha value is -2.45. The van der Waals surface area contributed by atoms with Crippen molar-refractivity contribution in [3.63, 3.8) is 0 Å². The van der Waals surface area contributed by atoms with Crippen LogP contribution in [-0.4, -0.2) is 59.2 Å². The Bertz CT molecular complexity index is 1110. The van der Waals surface area contributed by atoms with Crippen molar-refractivity contribution in [3.05, 3.63) is 27.8 Å². The number of aromatic amines is 1. The Kier molecular flexibility index (Phi) is 4.55. The van der Waals surface area contributed by atoms with E-state index in [0.29, 0.717) is 17.1 Å². The van der Waals surface area contributed by atoms with Crippen LogP contribution < -0.4 is 10.9 Å². The van der Waals surface area contributed by atoms with Crippen LogP contribution in [0.5, 0.6) is 0 Å². The number of rotatable bonds is 4. The van der Waals surface area contributed by atoms with E-state index < -0.39 is 0 Å². The van der Waals surface area contributed by atoms with Gasteiger partial charge in [-0.25, -0.2) is 9.97 Å². The Balaban J connectivity index is 1.51. The van der Waals surface area contributed by atoms with Crippen LogP contribution in [0.2, 0.25) is 0 Å². The second-order valence-corrected chi connectivity index (χ2v) is 8.84. The highest BCUT2D eigenvalue weighted by atomic mass is 16.5. The molecule has 0 spiro atoms. The SMILES string of the molecule is CC1(C)CCc2c(c3c([nH]c2=O)oc2c(NCCN4CCOCC4)ncnc23)C1. The van der Waals surface area contributed by atoms with Gasteiger partial charge >= 0.3 is 0 Å². The van der Waals surface area contributed by atoms with E-state index in [1.165, 1.54) is 0 Å². The highest BCUT2D eigenvalue weighted by molar-refractivity contribution is 6.06. The second-order valence-electron chi connectivity index (χ2n) is 8.84. The second kappa shape index (κ2) is 7.11. The van der Waals surface area contributed by atoms with E-state index in [2.05, 4.69) is 39.0 Å². The number of aromatic nitrogens is 3. The molecular weight excluding hydrogens is 370 g/mol. The summed E-state index contributed by atoms with van der Waals surface area (Å²) >= 11 is 0. The molecular formula is C21H27N5O3. The van der Waals surface area contributed by atoms with Crippen LogP contribution in [0.4, 0.5) is 5.82 Å². The molecule has 8 heteroatoms. The van der Waals surface area contributed by atoms with Crippen LogP contribution in [0.25, 0.3) is 22.2 Å². The van der Waals surface area contributed by atoms with Crippen LogP contribution in [-0.2, 0) is 17.6 Å². The number of morpholine rings is 1. The van der Waals surface area contributed by atoms with Crippen molar-refractivity contribution in [2.45, 2.75) is 33.1 Å². The molecule has 154 valence electrons. The van der Waals surface area contributed by atoms with Gasteiger partial charge in [0.05, 0.1) is 18.6 Å². The molecule has 1 fully saturated rings. The molecule has 3 aromatic rings. The van der Waals surface area contributed by atoms with E-state index in [0.717, 1.165) is 80.7 Å². The van der Waals surface area contributed by atoms with E-state index >= 15 is 0 Å². The fourth-order valence-corrected chi connectivity index (χ4v) is 4.52. The smallest absolute Gasteiger partial charge is 0.254 e. The number of nitrogens with one attached hydrogen (secondary N) is 2. The van der Waals surface area contributed by atoms with Gasteiger partial charge in [0.1, 0.15) is 11.8 Å². The number of hydrogen-bond acceptors (Lipinski definition) is 7. The van der Waals surface area contributed by atoms with Gasteiger partial charge in [-0.15, -0.1) is 0 Å². The van der Waals surface area contributed by atoms with Crippen LogP contribution in [0.15, 0.2) is 15.5 Å². The molecule has 0 unspecified atom stereocenters. The van der Waals surface area contributed by atoms with E-state index in [1.54, 1.807) is 6.33 Å². The van der Waals surface area contributed by atoms with Crippen molar-refractivity contribution in [2.24, 2.45) is 5.41 Å². The minimum Gasteiger partial charge on any atom is -0.434 e. The molecule has 1 aliphatic heterocycles. The Morgan fingerprint density at radius 2 is 2.07 bits per heavy atom. The Labute approximate surface area is 168 Å². The van der Waals surface area contributed by atoms with Crippen molar-refractivity contribution >= 4 is 28.0 Å². The fourth-order valence-electron chi connectivity index (χ4n) is 4.52. The van der Waals surface area contributed by atoms with Crippen LogP contribution >= 0.6 is 0 Å². The molecule has 8 nitrogen and oxygen atoms in total. The molecule has 3 aromatic heterocycles. The van der Waals surface area contributed by atoms with Gasteiger partial charge in [-0.3, -0.25) is 14.7 Å². The zero-order valence-electron chi connectivity index (χ0n) is 17.0. The first kappa shape index (κ1) is 18.6. The molecule has 0 radical (unpaired) electrons. The highest BCUT2D eigenvalue weighted by Crippen LogP contribution is 2.39. The summed E-state index contributed by atoms with van der Waals surface area (Å²) in [5.74, 6) is 0.670. The molecule has 0 saturated carbocycles. The van der Waals surface area contributed by atoms with E-state index in [1.807, 2.05) is 0 Å². The average molecular weight is 397 g/mol. The number of anilines is 1. The number of hydrogen-bond donors (Lipinski definition) is 2. The van der Waals surface area contributed by atoms with Gasteiger partial charge in [0.15, 0.2) is 11.4 Å². The van der Waals surface area contributed by atoms with E-state index in [9.17, 15) is 4.79 Å². The minimum atomic E-state index is -0.0446. The minimum absolute atomic E-state index is 0.0446. The third-order valence-electron chi connectivity index (χ3n) is 6.17. The topological polar surface area (TPSA) is 96.3 Å². The summed E-state index contributed by atoms with van der Waals surface area (Å²) in [6.45, 7) is 9.65. The largest absolute Gasteiger partial charge is 0.434 e. The van der Waals surface area contributed by atoms with Crippen molar-refractivity contribution in [1.29, 1.82) is 0 Å². The maximum absolute atomic E-state index is 12.6. The molecule has 4 heterocycles. The molecule has 0 amide bonds. The molecule has 5 rings (SSSR count). The lowest BCUT2D eigenvalue weighted by molar-refractivity contribution is 0.0398. The van der Waals surface area contributed by atoms with Gasteiger partial charge in [-0.1, -0.05) is 13.8 Å². The number of ether oxygens (including phenoxy) is 1. The highest BCUT2D eigenvalue weighted by Gasteiger charge is 2.31. The Morgan fingerprint density at radius 3 is 2.90 bits per heavy atom. The van der Waals surface area contributed by atoms with Gasteiger partial charge in [0.2, 0.25) is 5.71 Å². The number of pyridine rings is 1. The summed E-state index contributed by atoms with van der Waals surface area (Å²) in [6, 6.07) is 0. The maximum Gasteiger partial charge on any atom is 0.254 e. The van der Waals surface area contributed by atoms with Gasteiger partial charge in [-0.05, 0) is 30.2 Å². The standard InChI is InChI=1S/C21H27N5O3/c1-21(2)4-3-13-14(11-21)15-16-17(29-20(15)25-19(13)27)18(24-12-23-16)22-5-6-26-7-9-28-10-8-26/h12H,3-11H2,1-2H3,(H,25,27)(H,22,23,24). The summed E-state index contributed by atoms with van der Waals surface area (Å²) in [5, 5.41) is 4.32. The normalized spacial score (nSPS) is 19.5. The number of furan rings is 1. The van der Waals surface area contributed by atoms with Crippen molar-refractivity contribution < 1.29 is 9.15 Å². The maximum atomic E-state index is 12.6. The van der Waals surface area contributed by atoms with Crippen molar-refractivity contribution in [1.82, 2.24) is 19.9 Å². The molecule has 2 aliphatic rings. The number of nitrogens with zero attached hydrogens (tertiary/aromatic N) is 3. The third kappa shape index (κ3) is 3.40. The molecule has 1 aliphatic carbocycles. The van der Waals surface area contributed by atoms with Crippen LogP contribution in [0, 0.1) is 5.41 Å². The first-order valence-electron chi connectivity index (χ1n) is 10.4. The first-order valence-corrected chi connectivity index (χ1v) is 10.4. The van der Waals surface area contributed by atoms with Crippen LogP contribution in [0.3, 0.4) is 0 Å². The number of H-pyrrole nitrogens is 1. The summed E-state index contributed by atoms with van der Waals surface area (Å²) in [7, 11) is 0. The predicted molar refractivity (Wildman–Crippen MR) is 111 cm³/mol. The summed E-state index contributed by atoms with van der Waals surface area (Å²) in [4.78, 5) is 26.8. The van der Waals surface area contributed by atoms with Crippen molar-refractivity contribution in [3.8, 4) is 0 Å². The third-order valence-corrected chi connectivity index (χ3v) is 6.17. The monoisotopic (exact) mass is 397 g/mol. The fraction of sp³-hybridized carbons (Fsp3) is 0.571. The zero-order valence-corrected chi connectivity index (χ0v) is 17.0. The van der Waals surface area contributed by atoms with Gasteiger partial charge in [0.25, 0.3) is 5.56 Å². The molecule has 0 atom stereocenters. The van der Waals surface area contributed by atoms with Gasteiger partial charge in [0, 0.05) is 31.7 Å². The molecule has 2 N–H and O–H groups in total. The molecule has 1 saturated heterocycles. The molecule has 0 bridgehead atoms.